The van der Waals surface area contributed by atoms with E-state index in [2.05, 4.69) is 10.6 Å². The summed E-state index contributed by atoms with van der Waals surface area (Å²) in [6.07, 6.45) is 0. The SMILES string of the molecule is CN(CC(=O)Nc1ccccc1F)S(=O)(=O)c1cc2c(cc1Cl)NC(=O)CO2. The Bertz CT molecular complexity index is 1060. The molecular formula is C17H15ClFN3O5S. The van der Waals surface area contributed by atoms with Crippen LogP contribution in [0, 0.1) is 5.82 Å². The molecule has 2 aromatic rings. The van der Waals surface area contributed by atoms with Crippen LogP contribution in [0.15, 0.2) is 41.3 Å². The van der Waals surface area contributed by atoms with Gasteiger partial charge in [-0.3, -0.25) is 9.59 Å². The van der Waals surface area contributed by atoms with Crippen molar-refractivity contribution in [2.24, 2.45) is 0 Å². The normalized spacial score (nSPS) is 13.5. The maximum absolute atomic E-state index is 13.6. The van der Waals surface area contributed by atoms with Gasteiger partial charge in [0.05, 0.1) is 22.9 Å². The smallest absolute Gasteiger partial charge is 0.262 e. The quantitative estimate of drug-likeness (QED) is 0.760. The summed E-state index contributed by atoms with van der Waals surface area (Å²) in [7, 11) is -2.97. The lowest BCUT2D eigenvalue weighted by atomic mass is 10.2. The molecule has 3 rings (SSSR count). The van der Waals surface area contributed by atoms with Crippen LogP contribution in [0.4, 0.5) is 15.8 Å². The number of hydrogen-bond donors (Lipinski definition) is 2. The molecule has 0 saturated carbocycles. The van der Waals surface area contributed by atoms with Crippen molar-refractivity contribution in [3.8, 4) is 5.75 Å². The highest BCUT2D eigenvalue weighted by Crippen LogP contribution is 2.36. The van der Waals surface area contributed by atoms with E-state index in [-0.39, 0.29) is 39.6 Å². The fraction of sp³-hybridized carbons (Fsp3) is 0.176. The van der Waals surface area contributed by atoms with Crippen molar-refractivity contribution < 1.29 is 27.1 Å². The van der Waals surface area contributed by atoms with E-state index in [9.17, 15) is 22.4 Å². The summed E-state index contributed by atoms with van der Waals surface area (Å²) in [6.45, 7) is -0.823. The number of anilines is 2. The second kappa shape index (κ2) is 7.74. The van der Waals surface area contributed by atoms with Gasteiger partial charge in [0.15, 0.2) is 6.61 Å². The number of para-hydroxylation sites is 1. The second-order valence-electron chi connectivity index (χ2n) is 5.90. The molecule has 2 N–H and O–H groups in total. The van der Waals surface area contributed by atoms with Crippen LogP contribution in [0.25, 0.3) is 0 Å². The van der Waals surface area contributed by atoms with E-state index in [4.69, 9.17) is 16.3 Å². The number of halogens is 2. The summed E-state index contributed by atoms with van der Waals surface area (Å²) in [5.41, 5.74) is 0.189. The molecule has 148 valence electrons. The number of benzene rings is 2. The molecule has 0 aliphatic carbocycles. The molecule has 0 atom stereocenters. The minimum atomic E-state index is -4.16. The molecule has 1 aliphatic rings. The fourth-order valence-electron chi connectivity index (χ4n) is 2.49. The van der Waals surface area contributed by atoms with Gasteiger partial charge in [0.1, 0.15) is 16.5 Å². The third kappa shape index (κ3) is 4.08. The highest BCUT2D eigenvalue weighted by atomic mass is 35.5. The van der Waals surface area contributed by atoms with E-state index >= 15 is 0 Å². The molecule has 2 aromatic carbocycles. The molecule has 0 spiro atoms. The van der Waals surface area contributed by atoms with Crippen LogP contribution in [-0.2, 0) is 19.6 Å². The van der Waals surface area contributed by atoms with Crippen LogP contribution in [-0.4, -0.2) is 44.7 Å². The molecule has 0 bridgehead atoms. The number of ether oxygens (including phenoxy) is 1. The van der Waals surface area contributed by atoms with Crippen molar-refractivity contribution in [2.45, 2.75) is 4.90 Å². The average molecular weight is 428 g/mol. The van der Waals surface area contributed by atoms with Gasteiger partial charge in [0.2, 0.25) is 15.9 Å². The summed E-state index contributed by atoms with van der Waals surface area (Å²) >= 11 is 6.06. The van der Waals surface area contributed by atoms with Gasteiger partial charge < -0.3 is 15.4 Å². The number of carbonyl (C=O) groups is 2. The number of likely N-dealkylation sites (N-methyl/N-ethyl adjacent to an activating group) is 1. The summed E-state index contributed by atoms with van der Waals surface area (Å²) in [6, 6.07) is 7.95. The predicted molar refractivity (Wildman–Crippen MR) is 100 cm³/mol. The predicted octanol–water partition coefficient (Wildman–Crippen LogP) is 2.07. The lowest BCUT2D eigenvalue weighted by Gasteiger charge is -2.22. The maximum Gasteiger partial charge on any atom is 0.262 e. The number of sulfonamides is 1. The van der Waals surface area contributed by atoms with E-state index in [1.54, 1.807) is 0 Å². The molecule has 8 nitrogen and oxygen atoms in total. The van der Waals surface area contributed by atoms with Crippen molar-refractivity contribution in [1.82, 2.24) is 4.31 Å². The Morgan fingerprint density at radius 2 is 2.07 bits per heavy atom. The topological polar surface area (TPSA) is 105 Å². The van der Waals surface area contributed by atoms with Gasteiger partial charge in [0.25, 0.3) is 5.91 Å². The first-order chi connectivity index (χ1) is 13.2. The Morgan fingerprint density at radius 3 is 2.79 bits per heavy atom. The molecule has 28 heavy (non-hydrogen) atoms. The molecule has 0 fully saturated rings. The third-order valence-electron chi connectivity index (χ3n) is 3.87. The first-order valence-electron chi connectivity index (χ1n) is 7.95. The van der Waals surface area contributed by atoms with Gasteiger partial charge >= 0.3 is 0 Å². The molecule has 0 radical (unpaired) electrons. The summed E-state index contributed by atoms with van der Waals surface area (Å²) in [5.74, 6) is -1.61. The highest BCUT2D eigenvalue weighted by Gasteiger charge is 2.29. The second-order valence-corrected chi connectivity index (χ2v) is 8.33. The van der Waals surface area contributed by atoms with Gasteiger partial charge in [-0.05, 0) is 18.2 Å². The molecule has 1 heterocycles. The fourth-order valence-corrected chi connectivity index (χ4v) is 4.13. The Labute approximate surface area is 165 Å². The van der Waals surface area contributed by atoms with Crippen LogP contribution in [0.1, 0.15) is 0 Å². The van der Waals surface area contributed by atoms with Gasteiger partial charge in [-0.15, -0.1) is 0 Å². The Morgan fingerprint density at radius 1 is 1.36 bits per heavy atom. The minimum absolute atomic E-state index is 0.0609. The van der Waals surface area contributed by atoms with Crippen LogP contribution in [0.2, 0.25) is 5.02 Å². The lowest BCUT2D eigenvalue weighted by molar-refractivity contribution is -0.118. The first-order valence-corrected chi connectivity index (χ1v) is 9.77. The van der Waals surface area contributed by atoms with Crippen LogP contribution < -0.4 is 15.4 Å². The van der Waals surface area contributed by atoms with E-state index in [1.165, 1.54) is 43.4 Å². The Hall–Kier alpha value is -2.69. The monoisotopic (exact) mass is 427 g/mol. The molecular weight excluding hydrogens is 413 g/mol. The highest BCUT2D eigenvalue weighted by molar-refractivity contribution is 7.89. The van der Waals surface area contributed by atoms with Crippen molar-refractivity contribution in [1.29, 1.82) is 0 Å². The van der Waals surface area contributed by atoms with E-state index in [0.29, 0.717) is 0 Å². The average Bonchev–Trinajstić information content (AvgIpc) is 2.62. The van der Waals surface area contributed by atoms with Crippen molar-refractivity contribution in [2.75, 3.05) is 30.8 Å². The summed E-state index contributed by atoms with van der Waals surface area (Å²) in [5, 5.41) is 4.68. The molecule has 1 aliphatic heterocycles. The van der Waals surface area contributed by atoms with Gasteiger partial charge in [-0.1, -0.05) is 23.7 Å². The van der Waals surface area contributed by atoms with Crippen LogP contribution in [0.5, 0.6) is 5.75 Å². The summed E-state index contributed by atoms with van der Waals surface area (Å²) in [4.78, 5) is 23.2. The minimum Gasteiger partial charge on any atom is -0.482 e. The van der Waals surface area contributed by atoms with Gasteiger partial charge in [-0.25, -0.2) is 12.8 Å². The molecule has 0 saturated heterocycles. The molecule has 2 amide bonds. The molecule has 0 aromatic heterocycles. The third-order valence-corrected chi connectivity index (χ3v) is 6.14. The summed E-state index contributed by atoms with van der Waals surface area (Å²) < 4.78 is 45.2. The zero-order valence-corrected chi connectivity index (χ0v) is 16.1. The standard InChI is InChI=1S/C17H15ClFN3O5S/c1-22(8-16(23)20-12-5-3-2-4-11(12)19)28(25,26)15-7-14-13(6-10(15)18)21-17(24)9-27-14/h2-7H,8-9H2,1H3,(H,20,23)(H,21,24). The van der Waals surface area contributed by atoms with Gasteiger partial charge in [0, 0.05) is 13.1 Å². The van der Waals surface area contributed by atoms with Crippen LogP contribution >= 0.6 is 11.6 Å². The number of amides is 2. The van der Waals surface area contributed by atoms with E-state index < -0.39 is 28.3 Å². The van der Waals surface area contributed by atoms with Crippen molar-refractivity contribution >= 4 is 44.8 Å². The zero-order chi connectivity index (χ0) is 20.5. The van der Waals surface area contributed by atoms with Crippen molar-refractivity contribution in [3.63, 3.8) is 0 Å². The first kappa shape index (κ1) is 20.1. The number of hydrogen-bond acceptors (Lipinski definition) is 5. The van der Waals surface area contributed by atoms with E-state index in [1.807, 2.05) is 0 Å². The van der Waals surface area contributed by atoms with Crippen molar-refractivity contribution in [3.05, 3.63) is 47.2 Å². The number of nitrogens with zero attached hydrogens (tertiary/aromatic N) is 1. The maximum atomic E-state index is 13.6. The van der Waals surface area contributed by atoms with Gasteiger partial charge in [-0.2, -0.15) is 4.31 Å². The Kier molecular flexibility index (Phi) is 5.54. The van der Waals surface area contributed by atoms with E-state index in [0.717, 1.165) is 4.31 Å². The lowest BCUT2D eigenvalue weighted by Crippen LogP contribution is -2.35. The largest absolute Gasteiger partial charge is 0.482 e. The number of nitrogens with one attached hydrogen (secondary N) is 2. The number of carbonyl (C=O) groups excluding carboxylic acids is 2. The Balaban J connectivity index is 1.79. The number of fused-ring (bicyclic) bond motifs is 1. The zero-order valence-electron chi connectivity index (χ0n) is 14.5. The molecule has 0 unspecified atom stereocenters. The molecule has 11 heteroatoms. The van der Waals surface area contributed by atoms with Crippen LogP contribution in [0.3, 0.4) is 0 Å². The number of rotatable bonds is 5.